The first-order valence-corrected chi connectivity index (χ1v) is 4.75. The fourth-order valence-corrected chi connectivity index (χ4v) is 1.08. The van der Waals surface area contributed by atoms with Crippen LogP contribution < -0.4 is 10.7 Å². The summed E-state index contributed by atoms with van der Waals surface area (Å²) < 4.78 is 0. The SMILES string of the molecule is CN[C@H](C)CC=Cc1c[nH]ccc1=O. The molecular formula is C11H16N2O. The van der Waals surface area contributed by atoms with Crippen LogP contribution in [0.3, 0.4) is 0 Å². The molecule has 0 aliphatic rings. The van der Waals surface area contributed by atoms with Gasteiger partial charge in [0.05, 0.1) is 0 Å². The van der Waals surface area contributed by atoms with E-state index in [0.717, 1.165) is 6.42 Å². The number of aromatic amines is 1. The van der Waals surface area contributed by atoms with Crippen LogP contribution in [0.5, 0.6) is 0 Å². The molecular weight excluding hydrogens is 176 g/mol. The van der Waals surface area contributed by atoms with Crippen LogP contribution in [0.2, 0.25) is 0 Å². The van der Waals surface area contributed by atoms with Crippen molar-refractivity contribution >= 4 is 6.08 Å². The zero-order chi connectivity index (χ0) is 10.4. The molecule has 0 fully saturated rings. The van der Waals surface area contributed by atoms with Gasteiger partial charge in [0, 0.05) is 30.1 Å². The lowest BCUT2D eigenvalue weighted by atomic mass is 10.2. The summed E-state index contributed by atoms with van der Waals surface area (Å²) in [7, 11) is 1.92. The Morgan fingerprint density at radius 1 is 1.64 bits per heavy atom. The topological polar surface area (TPSA) is 44.9 Å². The molecule has 3 heteroatoms. The summed E-state index contributed by atoms with van der Waals surface area (Å²) in [5.41, 5.74) is 0.757. The molecule has 0 spiro atoms. The van der Waals surface area contributed by atoms with Gasteiger partial charge < -0.3 is 10.3 Å². The molecule has 0 unspecified atom stereocenters. The van der Waals surface area contributed by atoms with E-state index in [2.05, 4.69) is 17.2 Å². The highest BCUT2D eigenvalue weighted by Gasteiger charge is 1.94. The number of hydrogen-bond donors (Lipinski definition) is 2. The minimum atomic E-state index is 0.0529. The van der Waals surface area contributed by atoms with Crippen LogP contribution in [-0.2, 0) is 0 Å². The maximum Gasteiger partial charge on any atom is 0.188 e. The van der Waals surface area contributed by atoms with Gasteiger partial charge in [-0.25, -0.2) is 0 Å². The largest absolute Gasteiger partial charge is 0.367 e. The molecule has 0 aliphatic heterocycles. The second-order valence-electron chi connectivity index (χ2n) is 3.29. The van der Waals surface area contributed by atoms with Crippen LogP contribution in [0.4, 0.5) is 0 Å². The molecule has 0 amide bonds. The Morgan fingerprint density at radius 2 is 2.43 bits per heavy atom. The number of nitrogens with one attached hydrogen (secondary N) is 2. The fourth-order valence-electron chi connectivity index (χ4n) is 1.08. The zero-order valence-corrected chi connectivity index (χ0v) is 8.58. The molecule has 3 nitrogen and oxygen atoms in total. The van der Waals surface area contributed by atoms with Crippen molar-refractivity contribution in [1.82, 2.24) is 10.3 Å². The lowest BCUT2D eigenvalue weighted by molar-refractivity contribution is 0.621. The molecule has 1 rings (SSSR count). The molecule has 1 heterocycles. The van der Waals surface area contributed by atoms with Gasteiger partial charge in [0.15, 0.2) is 5.43 Å². The summed E-state index contributed by atoms with van der Waals surface area (Å²) in [6, 6.07) is 1.97. The van der Waals surface area contributed by atoms with Gasteiger partial charge in [0.2, 0.25) is 0 Å². The van der Waals surface area contributed by atoms with Crippen molar-refractivity contribution in [2.75, 3.05) is 7.05 Å². The number of hydrogen-bond acceptors (Lipinski definition) is 2. The van der Waals surface area contributed by atoms with Crippen molar-refractivity contribution in [1.29, 1.82) is 0 Å². The van der Waals surface area contributed by atoms with Crippen LogP contribution in [0.1, 0.15) is 18.9 Å². The molecule has 2 N–H and O–H groups in total. The lowest BCUT2D eigenvalue weighted by Crippen LogP contribution is -2.19. The zero-order valence-electron chi connectivity index (χ0n) is 8.58. The number of rotatable bonds is 4. The molecule has 0 aliphatic carbocycles. The summed E-state index contributed by atoms with van der Waals surface area (Å²) in [5.74, 6) is 0. The second-order valence-corrected chi connectivity index (χ2v) is 3.29. The van der Waals surface area contributed by atoms with Crippen LogP contribution >= 0.6 is 0 Å². The van der Waals surface area contributed by atoms with Crippen molar-refractivity contribution in [2.45, 2.75) is 19.4 Å². The summed E-state index contributed by atoms with van der Waals surface area (Å²) in [4.78, 5) is 14.2. The van der Waals surface area contributed by atoms with Crippen molar-refractivity contribution in [2.24, 2.45) is 0 Å². The van der Waals surface area contributed by atoms with E-state index in [9.17, 15) is 4.79 Å². The molecule has 0 aromatic carbocycles. The van der Waals surface area contributed by atoms with Crippen molar-refractivity contribution in [3.63, 3.8) is 0 Å². The lowest BCUT2D eigenvalue weighted by Gasteiger charge is -2.04. The van der Waals surface area contributed by atoms with Gasteiger partial charge in [-0.1, -0.05) is 12.2 Å². The van der Waals surface area contributed by atoms with Crippen LogP contribution in [-0.4, -0.2) is 18.1 Å². The first kappa shape index (κ1) is 10.7. The Bertz CT molecular complexity index is 354. The Morgan fingerprint density at radius 3 is 3.07 bits per heavy atom. The summed E-state index contributed by atoms with van der Waals surface area (Å²) >= 11 is 0. The van der Waals surface area contributed by atoms with E-state index in [1.807, 2.05) is 19.2 Å². The van der Waals surface area contributed by atoms with Gasteiger partial charge >= 0.3 is 0 Å². The maximum atomic E-state index is 11.3. The van der Waals surface area contributed by atoms with E-state index in [4.69, 9.17) is 0 Å². The summed E-state index contributed by atoms with van der Waals surface area (Å²) in [6.45, 7) is 2.10. The minimum absolute atomic E-state index is 0.0529. The minimum Gasteiger partial charge on any atom is -0.367 e. The highest BCUT2D eigenvalue weighted by atomic mass is 16.1. The third kappa shape index (κ3) is 3.18. The molecule has 0 radical (unpaired) electrons. The average molecular weight is 192 g/mol. The van der Waals surface area contributed by atoms with Crippen LogP contribution in [0.25, 0.3) is 6.08 Å². The number of H-pyrrole nitrogens is 1. The van der Waals surface area contributed by atoms with E-state index >= 15 is 0 Å². The smallest absolute Gasteiger partial charge is 0.188 e. The van der Waals surface area contributed by atoms with E-state index in [-0.39, 0.29) is 5.43 Å². The van der Waals surface area contributed by atoms with Crippen LogP contribution in [0, 0.1) is 0 Å². The third-order valence-electron chi connectivity index (χ3n) is 2.13. The Kier molecular flexibility index (Phi) is 4.13. The molecule has 1 aromatic heterocycles. The Hall–Kier alpha value is -1.35. The highest BCUT2D eigenvalue weighted by Crippen LogP contribution is 1.97. The van der Waals surface area contributed by atoms with Gasteiger partial charge in [-0.2, -0.15) is 0 Å². The molecule has 1 atom stereocenters. The number of pyridine rings is 1. The molecule has 1 aromatic rings. The van der Waals surface area contributed by atoms with Crippen molar-refractivity contribution < 1.29 is 0 Å². The first-order valence-electron chi connectivity index (χ1n) is 4.75. The maximum absolute atomic E-state index is 11.3. The standard InChI is InChI=1S/C11H16N2O/c1-9(12-2)4-3-5-10-8-13-7-6-11(10)14/h3,5-9,12H,4H2,1-2H3,(H,13,14)/t9-/m1/s1. The van der Waals surface area contributed by atoms with E-state index in [1.165, 1.54) is 6.07 Å². The molecule has 76 valence electrons. The van der Waals surface area contributed by atoms with Crippen molar-refractivity contribution in [3.8, 4) is 0 Å². The van der Waals surface area contributed by atoms with Gasteiger partial charge in [-0.05, 0) is 20.4 Å². The van der Waals surface area contributed by atoms with Gasteiger partial charge in [-0.3, -0.25) is 4.79 Å². The predicted molar refractivity (Wildman–Crippen MR) is 59.2 cm³/mol. The monoisotopic (exact) mass is 192 g/mol. The third-order valence-corrected chi connectivity index (χ3v) is 2.13. The number of aromatic nitrogens is 1. The predicted octanol–water partition coefficient (Wildman–Crippen LogP) is 1.39. The Balaban J connectivity index is 2.61. The summed E-state index contributed by atoms with van der Waals surface area (Å²) in [5, 5.41) is 3.13. The van der Waals surface area contributed by atoms with Gasteiger partial charge in [-0.15, -0.1) is 0 Å². The highest BCUT2D eigenvalue weighted by molar-refractivity contribution is 5.47. The van der Waals surface area contributed by atoms with E-state index < -0.39 is 0 Å². The molecule has 0 saturated carbocycles. The molecule has 0 saturated heterocycles. The Labute approximate surface area is 83.9 Å². The van der Waals surface area contributed by atoms with Gasteiger partial charge in [0.1, 0.15) is 0 Å². The van der Waals surface area contributed by atoms with E-state index in [1.54, 1.807) is 12.4 Å². The molecule has 14 heavy (non-hydrogen) atoms. The van der Waals surface area contributed by atoms with Crippen molar-refractivity contribution in [3.05, 3.63) is 40.3 Å². The van der Waals surface area contributed by atoms with Gasteiger partial charge in [0.25, 0.3) is 0 Å². The molecule has 0 bridgehead atoms. The first-order chi connectivity index (χ1) is 6.74. The fraction of sp³-hybridized carbons (Fsp3) is 0.364. The second kappa shape index (κ2) is 5.40. The van der Waals surface area contributed by atoms with E-state index in [0.29, 0.717) is 11.6 Å². The van der Waals surface area contributed by atoms with Crippen LogP contribution in [0.15, 0.2) is 29.3 Å². The quantitative estimate of drug-likeness (QED) is 0.757. The summed E-state index contributed by atoms with van der Waals surface area (Å²) in [6.07, 6.45) is 8.13. The average Bonchev–Trinajstić information content (AvgIpc) is 2.20. The normalized spacial score (nSPS) is 13.3.